The highest BCUT2D eigenvalue weighted by molar-refractivity contribution is 8.54. The molecular weight excluding hydrogens is 785 g/mol. The number of aliphatic hydroxyl groups excluding tert-OH is 4. The van der Waals surface area contributed by atoms with Crippen LogP contribution in [-0.4, -0.2) is 109 Å². The van der Waals surface area contributed by atoms with Crippen LogP contribution in [0, 0.1) is 0 Å². The van der Waals surface area contributed by atoms with Crippen molar-refractivity contribution in [2.24, 2.45) is 7.05 Å². The minimum Gasteiger partial charge on any atom is -0.856 e. The lowest BCUT2D eigenvalue weighted by atomic mass is 10.1. The van der Waals surface area contributed by atoms with E-state index in [1.165, 1.54) is 17.9 Å². The Morgan fingerprint density at radius 1 is 1.02 bits per heavy atom. The zero-order valence-electron chi connectivity index (χ0n) is 26.1. The summed E-state index contributed by atoms with van der Waals surface area (Å²) in [4.78, 5) is 67.1. The molecule has 11 atom stereocenters. The topological polar surface area (TPSA) is 411 Å². The largest absolute Gasteiger partial charge is 0.856 e. The van der Waals surface area contributed by atoms with Gasteiger partial charge in [-0.05, 0) is 0 Å². The number of aromatic amines is 1. The molecular formula is C22H28N10O16P3S-3. The molecule has 52 heavy (non-hydrogen) atoms. The summed E-state index contributed by atoms with van der Waals surface area (Å²) in [6.07, 6.45) is -10.6. The maximum absolute atomic E-state index is 12.6. The number of H-pyrrole nitrogens is 1. The van der Waals surface area contributed by atoms with Crippen LogP contribution in [-0.2, 0) is 39.1 Å². The number of hydrogen-bond donors (Lipinski definition) is 7. The molecule has 6 heterocycles. The van der Waals surface area contributed by atoms with E-state index in [2.05, 4.69) is 33.8 Å². The number of aliphatic hydroxyl groups is 4. The zero-order valence-corrected chi connectivity index (χ0v) is 29.6. The average Bonchev–Trinajstić information content (AvgIpc) is 3.74. The van der Waals surface area contributed by atoms with Crippen LogP contribution < -0.4 is 41.4 Å². The van der Waals surface area contributed by atoms with Crippen LogP contribution in [0.1, 0.15) is 12.5 Å². The summed E-state index contributed by atoms with van der Waals surface area (Å²) in [7, 11) is -9.81. The number of aryl methyl sites for hydroxylation is 1. The lowest BCUT2D eigenvalue weighted by molar-refractivity contribution is -0.745. The van der Waals surface area contributed by atoms with Crippen molar-refractivity contribution in [2.75, 3.05) is 29.7 Å². The van der Waals surface area contributed by atoms with Gasteiger partial charge in [0.1, 0.15) is 45.7 Å². The fourth-order valence-corrected chi connectivity index (χ4v) is 13.0. The van der Waals surface area contributed by atoms with E-state index in [9.17, 15) is 58.7 Å². The van der Waals surface area contributed by atoms with Crippen molar-refractivity contribution in [3.63, 3.8) is 0 Å². The second-order valence-corrected chi connectivity index (χ2v) is 19.6. The molecule has 0 saturated carbocycles. The number of nitrogens with zero attached hydrogens (tertiary/aromatic N) is 7. The fourth-order valence-electron chi connectivity index (χ4n) is 5.54. The summed E-state index contributed by atoms with van der Waals surface area (Å²) >= 11 is -0.181. The Bertz CT molecular complexity index is 2220. The van der Waals surface area contributed by atoms with Gasteiger partial charge in [-0.2, -0.15) is 4.98 Å². The average molecular weight is 814 g/mol. The number of rotatable bonds is 12. The van der Waals surface area contributed by atoms with E-state index in [0.29, 0.717) is 0 Å². The van der Waals surface area contributed by atoms with Gasteiger partial charge in [0.15, 0.2) is 36.0 Å². The number of nitrogens with one attached hydrogen (secondary N) is 1. The SMILES string of the molecule is Cn1c[n+]([C@@H]2O[C@H](COP(=O)([O-])CP(=O)([O-])OP(=O)([O-])SC[C@H]3O[C@@H](n4cnc5c(=O)[nH]c(N)nc54)C(O)[C@H]3O)C(O)[C@@H]2O)c2nc(N)nc([O-])c21. The van der Waals surface area contributed by atoms with Crippen molar-refractivity contribution >= 4 is 67.6 Å². The molecule has 0 aliphatic carbocycles. The number of fused-ring (bicyclic) bond motifs is 2. The number of nitrogen functional groups attached to an aromatic ring is 2. The van der Waals surface area contributed by atoms with Gasteiger partial charge < -0.3 is 74.8 Å². The highest BCUT2D eigenvalue weighted by atomic mass is 32.7. The summed E-state index contributed by atoms with van der Waals surface area (Å²) in [5.41, 5.74) is 9.95. The molecule has 0 aromatic carbocycles. The smallest absolute Gasteiger partial charge is 0.309 e. The predicted octanol–water partition coefficient (Wildman–Crippen LogP) is -5.84. The Morgan fingerprint density at radius 3 is 2.42 bits per heavy atom. The van der Waals surface area contributed by atoms with Crippen molar-refractivity contribution in [1.82, 2.24) is 34.1 Å². The van der Waals surface area contributed by atoms with Crippen LogP contribution in [0.15, 0.2) is 17.4 Å². The van der Waals surface area contributed by atoms with Crippen LogP contribution in [0.25, 0.3) is 22.3 Å². The number of aromatic nitrogens is 8. The Labute approximate surface area is 292 Å². The van der Waals surface area contributed by atoms with Gasteiger partial charge in [-0.1, -0.05) is 16.4 Å². The monoisotopic (exact) mass is 813 g/mol. The Hall–Kier alpha value is -3.10. The van der Waals surface area contributed by atoms with Gasteiger partial charge in [-0.15, -0.1) is 0 Å². The van der Waals surface area contributed by atoms with Crippen molar-refractivity contribution in [2.45, 2.75) is 49.1 Å². The first-order valence-corrected chi connectivity index (χ1v) is 21.1. The van der Waals surface area contributed by atoms with Crippen LogP contribution in [0.3, 0.4) is 0 Å². The van der Waals surface area contributed by atoms with E-state index in [1.54, 1.807) is 0 Å². The van der Waals surface area contributed by atoms with Gasteiger partial charge in [-0.3, -0.25) is 27.8 Å². The van der Waals surface area contributed by atoms with Crippen molar-refractivity contribution < 1.29 is 76.8 Å². The van der Waals surface area contributed by atoms with Gasteiger partial charge in [0.25, 0.3) is 11.5 Å². The van der Waals surface area contributed by atoms with Gasteiger partial charge >= 0.3 is 5.65 Å². The lowest BCUT2D eigenvalue weighted by Gasteiger charge is -2.35. The molecule has 0 spiro atoms. The highest BCUT2D eigenvalue weighted by Crippen LogP contribution is 2.66. The molecule has 26 nitrogen and oxygen atoms in total. The third kappa shape index (κ3) is 7.62. The summed E-state index contributed by atoms with van der Waals surface area (Å²) in [6.45, 7) is -6.53. The maximum Gasteiger partial charge on any atom is 0.309 e. The van der Waals surface area contributed by atoms with Crippen LogP contribution in [0.4, 0.5) is 11.9 Å². The third-order valence-electron chi connectivity index (χ3n) is 7.82. The molecule has 2 fully saturated rings. The molecule has 6 rings (SSSR count). The van der Waals surface area contributed by atoms with E-state index >= 15 is 0 Å². The highest BCUT2D eigenvalue weighted by Gasteiger charge is 2.48. The number of nitrogens with two attached hydrogens (primary N) is 2. The number of imidazole rings is 2. The second kappa shape index (κ2) is 14.0. The summed E-state index contributed by atoms with van der Waals surface area (Å²) in [5.74, 6) is -4.14. The second-order valence-electron chi connectivity index (χ2n) is 11.5. The van der Waals surface area contributed by atoms with E-state index in [1.807, 2.05) is 0 Å². The van der Waals surface area contributed by atoms with Gasteiger partial charge in [0, 0.05) is 11.6 Å². The Balaban J connectivity index is 1.04. The molecule has 2 aliphatic rings. The van der Waals surface area contributed by atoms with Gasteiger partial charge in [0.2, 0.25) is 12.2 Å². The standard InChI is InChI=1S/C22H31N10O16P3S/c1-30-5-32(16-10(30)18(38)29-22(24)27-16)20-13(35)11(33)7(46-20)2-45-49(39,40)6-50(41,42)48-51(43,44)52-3-8-12(34)14(36)19(47-8)31-4-25-9-15(31)26-21(23)28-17(9)37/h4-5,7-8,11-14,19-20,33-36H,2-3,6H2,1H3,(H8-,23,24,26,27,28,29,37,38,39,40,41,42,43,44)/p-3/t7-,8-,11?,12+,13+,14?,19-,20-/m1/s1. The molecule has 2 aliphatic heterocycles. The molecule has 4 aromatic heterocycles. The van der Waals surface area contributed by atoms with Gasteiger partial charge in [0.05, 0.1) is 32.0 Å². The normalized spacial score (nSPS) is 30.1. The first-order chi connectivity index (χ1) is 24.2. The zero-order chi connectivity index (χ0) is 38.1. The van der Waals surface area contributed by atoms with Crippen LogP contribution in [0.2, 0.25) is 0 Å². The minimum atomic E-state index is -5.78. The molecule has 0 radical (unpaired) electrons. The van der Waals surface area contributed by atoms with E-state index in [0.717, 1.165) is 15.5 Å². The molecule has 2 saturated heterocycles. The maximum atomic E-state index is 12.6. The first-order valence-electron chi connectivity index (χ1n) is 14.5. The quantitative estimate of drug-likeness (QED) is 0.0517. The first kappa shape index (κ1) is 38.6. The minimum absolute atomic E-state index is 0.0393. The van der Waals surface area contributed by atoms with E-state index in [4.69, 9.17) is 20.9 Å². The predicted molar refractivity (Wildman–Crippen MR) is 164 cm³/mol. The van der Waals surface area contributed by atoms with Crippen molar-refractivity contribution in [3.8, 4) is 5.88 Å². The fraction of sp³-hybridized carbons (Fsp3) is 0.545. The van der Waals surface area contributed by atoms with E-state index < -0.39 is 107 Å². The molecule has 0 bridgehead atoms. The van der Waals surface area contributed by atoms with Crippen LogP contribution >= 0.6 is 33.4 Å². The summed E-state index contributed by atoms with van der Waals surface area (Å²) in [5, 5.41) is 54.4. The molecule has 30 heteroatoms. The lowest BCUT2D eigenvalue weighted by Crippen LogP contribution is -2.46. The molecule has 0 amide bonds. The molecule has 5 unspecified atom stereocenters. The number of ether oxygens (including phenoxy) is 2. The number of anilines is 2. The molecule has 4 aromatic rings. The number of hydrogen-bond acceptors (Lipinski definition) is 23. The van der Waals surface area contributed by atoms with Gasteiger partial charge in [-0.25, -0.2) is 14.5 Å². The summed E-state index contributed by atoms with van der Waals surface area (Å²) < 4.78 is 61.1. The third-order valence-corrected chi connectivity index (χ3v) is 15.7. The molecule has 9 N–H and O–H groups in total. The van der Waals surface area contributed by atoms with Crippen molar-refractivity contribution in [3.05, 3.63) is 23.0 Å². The Kier molecular flexibility index (Phi) is 10.4. The van der Waals surface area contributed by atoms with E-state index in [-0.39, 0.29) is 39.7 Å². The Morgan fingerprint density at radius 2 is 1.71 bits per heavy atom. The van der Waals surface area contributed by atoms with Crippen molar-refractivity contribution in [1.29, 1.82) is 0 Å². The van der Waals surface area contributed by atoms with Crippen LogP contribution in [0.5, 0.6) is 5.88 Å². The molecule has 286 valence electrons. The summed E-state index contributed by atoms with van der Waals surface area (Å²) in [6, 6.07) is 0.